The normalized spacial score (nSPS) is 12.3. The fourth-order valence-corrected chi connectivity index (χ4v) is 1.06. The highest BCUT2D eigenvalue weighted by molar-refractivity contribution is 5.66. The van der Waals surface area contributed by atoms with Gasteiger partial charge in [-0.15, -0.1) is 0 Å². The third-order valence-corrected chi connectivity index (χ3v) is 1.73. The van der Waals surface area contributed by atoms with E-state index in [4.69, 9.17) is 4.84 Å². The summed E-state index contributed by atoms with van der Waals surface area (Å²) in [6.45, 7) is 5.70. The molecule has 0 aliphatic rings. The number of quaternary nitrogens is 1. The molecule has 0 saturated heterocycles. The Bertz CT molecular complexity index is 151. The van der Waals surface area contributed by atoms with E-state index in [-0.39, 0.29) is 6.09 Å². The molecule has 0 aliphatic heterocycles. The van der Waals surface area contributed by atoms with Gasteiger partial charge < -0.3 is 0 Å². The standard InChI is InChI=1S/C9H20N2O2/c1-5-7-10(3)9(12)13-11(4)8-6-2/h5-8H2,1-4H3/q+1/p+1. The monoisotopic (exact) mass is 189 g/mol. The zero-order chi connectivity index (χ0) is 10.3. The lowest BCUT2D eigenvalue weighted by molar-refractivity contribution is -1.06. The van der Waals surface area contributed by atoms with Crippen molar-refractivity contribution in [2.24, 2.45) is 0 Å². The molecule has 0 saturated carbocycles. The van der Waals surface area contributed by atoms with Gasteiger partial charge in [-0.25, -0.2) is 4.90 Å². The second kappa shape index (κ2) is 6.71. The number of nitrogens with one attached hydrogen (secondary N) is 1. The lowest BCUT2D eigenvalue weighted by Crippen LogP contribution is -3.08. The van der Waals surface area contributed by atoms with Crippen molar-refractivity contribution < 1.29 is 14.7 Å². The van der Waals surface area contributed by atoms with Crippen LogP contribution >= 0.6 is 0 Å². The van der Waals surface area contributed by atoms with E-state index in [1.165, 1.54) is 0 Å². The Morgan fingerprint density at radius 3 is 2.46 bits per heavy atom. The van der Waals surface area contributed by atoms with Crippen molar-refractivity contribution in [2.75, 3.05) is 27.2 Å². The van der Waals surface area contributed by atoms with E-state index in [1.54, 1.807) is 11.9 Å². The van der Waals surface area contributed by atoms with E-state index >= 15 is 0 Å². The minimum Gasteiger partial charge on any atom is -0.250 e. The molecule has 1 unspecified atom stereocenters. The smallest absolute Gasteiger partial charge is 0.250 e. The molecule has 1 atom stereocenters. The minimum absolute atomic E-state index is 0.243. The maximum atomic E-state index is 11.3. The average molecular weight is 189 g/mol. The van der Waals surface area contributed by atoms with Crippen LogP contribution in [0.2, 0.25) is 0 Å². The van der Waals surface area contributed by atoms with Gasteiger partial charge in [-0.1, -0.05) is 23.7 Å². The van der Waals surface area contributed by atoms with Crippen molar-refractivity contribution in [2.45, 2.75) is 26.7 Å². The minimum atomic E-state index is -0.243. The van der Waals surface area contributed by atoms with Crippen LogP contribution in [0, 0.1) is 0 Å². The molecule has 0 spiro atoms. The van der Waals surface area contributed by atoms with Gasteiger partial charge in [0.15, 0.2) is 0 Å². The zero-order valence-corrected chi connectivity index (χ0v) is 9.09. The van der Waals surface area contributed by atoms with Crippen LogP contribution in [0.1, 0.15) is 26.7 Å². The fourth-order valence-electron chi connectivity index (χ4n) is 1.06. The van der Waals surface area contributed by atoms with Gasteiger partial charge in [0, 0.05) is 13.6 Å². The van der Waals surface area contributed by atoms with Gasteiger partial charge in [0.25, 0.3) is 0 Å². The van der Waals surface area contributed by atoms with Gasteiger partial charge in [-0.2, -0.15) is 0 Å². The summed E-state index contributed by atoms with van der Waals surface area (Å²) in [5.41, 5.74) is 0. The molecule has 0 aromatic heterocycles. The summed E-state index contributed by atoms with van der Waals surface area (Å²) in [6, 6.07) is 0. The van der Waals surface area contributed by atoms with Crippen LogP contribution in [0.5, 0.6) is 0 Å². The fraction of sp³-hybridized carbons (Fsp3) is 0.889. The Balaban J connectivity index is 3.71. The molecule has 13 heavy (non-hydrogen) atoms. The lowest BCUT2D eigenvalue weighted by Gasteiger charge is -2.07. The predicted molar refractivity (Wildman–Crippen MR) is 51.4 cm³/mol. The number of carbonyl (C=O) groups excluding carboxylic acids is 1. The van der Waals surface area contributed by atoms with Crippen molar-refractivity contribution in [1.29, 1.82) is 0 Å². The van der Waals surface area contributed by atoms with E-state index in [2.05, 4.69) is 6.92 Å². The van der Waals surface area contributed by atoms with Crippen molar-refractivity contribution in [3.05, 3.63) is 0 Å². The highest BCUT2D eigenvalue weighted by Crippen LogP contribution is 1.88. The Morgan fingerprint density at radius 2 is 2.00 bits per heavy atom. The van der Waals surface area contributed by atoms with Gasteiger partial charge >= 0.3 is 6.09 Å². The van der Waals surface area contributed by atoms with Crippen LogP contribution < -0.4 is 5.06 Å². The van der Waals surface area contributed by atoms with E-state index in [9.17, 15) is 4.79 Å². The quantitative estimate of drug-likeness (QED) is 0.499. The van der Waals surface area contributed by atoms with E-state index in [1.807, 2.05) is 14.0 Å². The molecule has 0 fully saturated rings. The Labute approximate surface area is 80.4 Å². The number of rotatable bonds is 5. The maximum absolute atomic E-state index is 11.3. The molecule has 1 amide bonds. The largest absolute Gasteiger partial charge is 0.746 e. The molecule has 0 aromatic rings. The summed E-state index contributed by atoms with van der Waals surface area (Å²) in [6.07, 6.45) is 1.72. The third kappa shape index (κ3) is 5.47. The molecule has 1 radical (unpaired) electrons. The van der Waals surface area contributed by atoms with Gasteiger partial charge in [0.2, 0.25) is 0 Å². The predicted octanol–water partition coefficient (Wildman–Crippen LogP) is 0.304. The van der Waals surface area contributed by atoms with Crippen molar-refractivity contribution in [3.63, 3.8) is 0 Å². The number of hydrogen-bond acceptors (Lipinski definition) is 2. The van der Waals surface area contributed by atoms with Gasteiger partial charge in [0.1, 0.15) is 13.6 Å². The van der Waals surface area contributed by atoms with Crippen molar-refractivity contribution in [3.8, 4) is 0 Å². The molecule has 0 aliphatic carbocycles. The summed E-state index contributed by atoms with van der Waals surface area (Å²) in [5.74, 6) is 0. The number of nitrogens with zero attached hydrogens (tertiary/aromatic N) is 1. The second-order valence-electron chi connectivity index (χ2n) is 3.24. The molecular weight excluding hydrogens is 168 g/mol. The zero-order valence-electron chi connectivity index (χ0n) is 9.09. The average Bonchev–Trinajstić information content (AvgIpc) is 2.05. The number of hydrogen-bond donors (Lipinski definition) is 1. The highest BCUT2D eigenvalue weighted by Gasteiger charge is 2.29. The molecule has 0 rings (SSSR count). The van der Waals surface area contributed by atoms with Gasteiger partial charge in [-0.3, -0.25) is 0 Å². The molecule has 1 N–H and O–H groups in total. The highest BCUT2D eigenvalue weighted by atomic mass is 16.7. The van der Waals surface area contributed by atoms with Gasteiger partial charge in [0.05, 0.1) is 4.79 Å². The van der Waals surface area contributed by atoms with Crippen molar-refractivity contribution >= 4 is 6.09 Å². The number of amides is 1. The first-order chi connectivity index (χ1) is 6.11. The van der Waals surface area contributed by atoms with Crippen LogP contribution in [0.4, 0.5) is 4.79 Å². The van der Waals surface area contributed by atoms with E-state index < -0.39 is 0 Å². The molecule has 0 aromatic carbocycles. The SMILES string of the molecule is CCCN(C)C(=[O+])O[NH+](C)CCC. The maximum Gasteiger partial charge on any atom is 0.746 e. The second-order valence-corrected chi connectivity index (χ2v) is 3.24. The Hall–Kier alpha value is -0.770. The molecule has 77 valence electrons. The van der Waals surface area contributed by atoms with E-state index in [0.29, 0.717) is 0 Å². The first kappa shape index (κ1) is 12.2. The number of hydroxylamine groups is 2. The van der Waals surface area contributed by atoms with E-state index in [0.717, 1.165) is 31.0 Å². The number of carbonyl (C=O) groups is 1. The van der Waals surface area contributed by atoms with Crippen molar-refractivity contribution in [1.82, 2.24) is 4.90 Å². The van der Waals surface area contributed by atoms with Crippen LogP contribution in [-0.2, 0) is 4.84 Å². The summed E-state index contributed by atoms with van der Waals surface area (Å²) >= 11 is 0. The van der Waals surface area contributed by atoms with Crippen LogP contribution in [0.15, 0.2) is 0 Å². The van der Waals surface area contributed by atoms with Crippen LogP contribution in [0.3, 0.4) is 0 Å². The Morgan fingerprint density at radius 1 is 1.38 bits per heavy atom. The molecule has 4 heteroatoms. The third-order valence-electron chi connectivity index (χ3n) is 1.73. The summed E-state index contributed by atoms with van der Waals surface area (Å²) in [5, 5.41) is 0.801. The summed E-state index contributed by atoms with van der Waals surface area (Å²) in [4.78, 5) is 18.0. The molecule has 0 heterocycles. The first-order valence-corrected chi connectivity index (χ1v) is 4.87. The van der Waals surface area contributed by atoms with Gasteiger partial charge in [-0.05, 0) is 12.8 Å². The van der Waals surface area contributed by atoms with Crippen LogP contribution in [-0.4, -0.2) is 38.2 Å². The van der Waals surface area contributed by atoms with Crippen LogP contribution in [0.25, 0.3) is 0 Å². The Kier molecular flexibility index (Phi) is 6.32. The summed E-state index contributed by atoms with van der Waals surface area (Å²) < 4.78 is 0. The molecule has 0 bridgehead atoms. The summed E-state index contributed by atoms with van der Waals surface area (Å²) in [7, 11) is 3.60. The molecular formula is C9H21N2O2+2. The first-order valence-electron chi connectivity index (χ1n) is 4.87. The topological polar surface area (TPSA) is 36.8 Å². The lowest BCUT2D eigenvalue weighted by atomic mass is 10.5. The molecule has 4 nitrogen and oxygen atoms in total.